The van der Waals surface area contributed by atoms with Crippen molar-refractivity contribution in [3.8, 4) is 5.75 Å². The van der Waals surface area contributed by atoms with Gasteiger partial charge >= 0.3 is 0 Å². The number of hydrogen-bond donors (Lipinski definition) is 1. The Morgan fingerprint density at radius 2 is 2.06 bits per heavy atom. The van der Waals surface area contributed by atoms with E-state index in [1.165, 1.54) is 18.4 Å². The second kappa shape index (κ2) is 3.74. The first kappa shape index (κ1) is 10.6. The lowest BCUT2D eigenvalue weighted by molar-refractivity contribution is 0.299. The maximum atomic E-state index is 6.20. The summed E-state index contributed by atoms with van der Waals surface area (Å²) >= 11 is 3.52. The van der Waals surface area contributed by atoms with Crippen LogP contribution in [0.15, 0.2) is 22.7 Å². The highest BCUT2D eigenvalue weighted by atomic mass is 79.9. The quantitative estimate of drug-likeness (QED) is 0.920. The summed E-state index contributed by atoms with van der Waals surface area (Å²) in [4.78, 5) is 0. The molecule has 3 rings (SSSR count). The van der Waals surface area contributed by atoms with Crippen molar-refractivity contribution in [2.45, 2.75) is 31.2 Å². The fourth-order valence-electron chi connectivity index (χ4n) is 1.86. The summed E-state index contributed by atoms with van der Waals surface area (Å²) in [6, 6.07) is 6.23. The molecule has 0 saturated heterocycles. The van der Waals surface area contributed by atoms with Crippen LogP contribution in [0.1, 0.15) is 31.2 Å². The molecule has 2 aliphatic rings. The lowest BCUT2D eigenvalue weighted by atomic mass is 10.1. The number of ether oxygens (including phenoxy) is 1. The Hall–Kier alpha value is -0.540. The standard InChI is InChI=1S/C13H16BrNO/c14-11-5-10(13(15)3-4-13)6-12(7-11)16-8-9-1-2-9/h5-7,9H,1-4,8,15H2. The highest BCUT2D eigenvalue weighted by Gasteiger charge is 2.40. The van der Waals surface area contributed by atoms with Crippen LogP contribution in [0, 0.1) is 5.92 Å². The minimum atomic E-state index is -0.0819. The van der Waals surface area contributed by atoms with Gasteiger partial charge in [0.15, 0.2) is 0 Å². The fraction of sp³-hybridized carbons (Fsp3) is 0.538. The van der Waals surface area contributed by atoms with E-state index in [1.54, 1.807) is 0 Å². The van der Waals surface area contributed by atoms with Crippen molar-refractivity contribution < 1.29 is 4.74 Å². The Morgan fingerprint density at radius 1 is 1.31 bits per heavy atom. The molecule has 2 aliphatic carbocycles. The molecular formula is C13H16BrNO. The highest BCUT2D eigenvalue weighted by Crippen LogP contribution is 2.44. The van der Waals surface area contributed by atoms with Gasteiger partial charge in [-0.15, -0.1) is 0 Å². The third-order valence-electron chi connectivity index (χ3n) is 3.42. The monoisotopic (exact) mass is 281 g/mol. The molecule has 3 heteroatoms. The largest absolute Gasteiger partial charge is 0.493 e. The van der Waals surface area contributed by atoms with Crippen molar-refractivity contribution in [1.82, 2.24) is 0 Å². The molecule has 2 N–H and O–H groups in total. The Labute approximate surface area is 104 Å². The molecule has 0 unspecified atom stereocenters. The highest BCUT2D eigenvalue weighted by molar-refractivity contribution is 9.10. The maximum Gasteiger partial charge on any atom is 0.120 e. The average Bonchev–Trinajstić information content (AvgIpc) is 3.11. The first-order valence-electron chi connectivity index (χ1n) is 5.88. The Bertz CT molecular complexity index is 410. The van der Waals surface area contributed by atoms with E-state index in [0.717, 1.165) is 35.6 Å². The van der Waals surface area contributed by atoms with Crippen LogP contribution in [0.4, 0.5) is 0 Å². The van der Waals surface area contributed by atoms with E-state index in [2.05, 4.69) is 28.1 Å². The summed E-state index contributed by atoms with van der Waals surface area (Å²) < 4.78 is 6.85. The topological polar surface area (TPSA) is 35.2 Å². The molecule has 86 valence electrons. The lowest BCUT2D eigenvalue weighted by Gasteiger charge is -2.13. The van der Waals surface area contributed by atoms with Gasteiger partial charge in [-0.25, -0.2) is 0 Å². The van der Waals surface area contributed by atoms with Crippen LogP contribution in [0.2, 0.25) is 0 Å². The molecular weight excluding hydrogens is 266 g/mol. The summed E-state index contributed by atoms with van der Waals surface area (Å²) in [6.07, 6.45) is 4.82. The first-order chi connectivity index (χ1) is 7.66. The lowest BCUT2D eigenvalue weighted by Crippen LogP contribution is -2.18. The van der Waals surface area contributed by atoms with Crippen LogP contribution in [0.25, 0.3) is 0 Å². The van der Waals surface area contributed by atoms with Gasteiger partial charge in [-0.05, 0) is 55.4 Å². The third-order valence-corrected chi connectivity index (χ3v) is 3.88. The van der Waals surface area contributed by atoms with Crippen molar-refractivity contribution in [3.05, 3.63) is 28.2 Å². The molecule has 1 aromatic carbocycles. The predicted octanol–water partition coefficient (Wildman–Crippen LogP) is 3.19. The van der Waals surface area contributed by atoms with Gasteiger partial charge in [-0.3, -0.25) is 0 Å². The first-order valence-corrected chi connectivity index (χ1v) is 6.68. The van der Waals surface area contributed by atoms with Gasteiger partial charge < -0.3 is 10.5 Å². The van der Waals surface area contributed by atoms with Crippen molar-refractivity contribution >= 4 is 15.9 Å². The normalized spacial score (nSPS) is 21.9. The zero-order chi connectivity index (χ0) is 11.2. The third kappa shape index (κ3) is 2.25. The second-order valence-corrected chi connectivity index (χ2v) is 6.00. The molecule has 0 spiro atoms. The van der Waals surface area contributed by atoms with Gasteiger partial charge in [0.2, 0.25) is 0 Å². The van der Waals surface area contributed by atoms with Crippen LogP contribution in [0.5, 0.6) is 5.75 Å². The van der Waals surface area contributed by atoms with Crippen molar-refractivity contribution in [2.75, 3.05) is 6.61 Å². The van der Waals surface area contributed by atoms with Gasteiger partial charge in [0.1, 0.15) is 5.75 Å². The molecule has 0 atom stereocenters. The van der Waals surface area contributed by atoms with Crippen molar-refractivity contribution in [2.24, 2.45) is 11.7 Å². The van der Waals surface area contributed by atoms with E-state index in [1.807, 2.05) is 6.07 Å². The second-order valence-electron chi connectivity index (χ2n) is 5.09. The maximum absolute atomic E-state index is 6.20. The van der Waals surface area contributed by atoms with Crippen molar-refractivity contribution in [1.29, 1.82) is 0 Å². The van der Waals surface area contributed by atoms with Gasteiger partial charge in [0, 0.05) is 10.0 Å². The number of hydrogen-bond acceptors (Lipinski definition) is 2. The van der Waals surface area contributed by atoms with Gasteiger partial charge in [0.05, 0.1) is 6.61 Å². The molecule has 2 fully saturated rings. The molecule has 2 nitrogen and oxygen atoms in total. The number of rotatable bonds is 4. The van der Waals surface area contributed by atoms with Crippen LogP contribution < -0.4 is 10.5 Å². The molecule has 0 amide bonds. The number of nitrogens with two attached hydrogens (primary N) is 1. The van der Waals surface area contributed by atoms with E-state index >= 15 is 0 Å². The molecule has 0 aliphatic heterocycles. The summed E-state index contributed by atoms with van der Waals surface area (Å²) in [5.74, 6) is 1.74. The minimum Gasteiger partial charge on any atom is -0.493 e. The van der Waals surface area contributed by atoms with Crippen LogP contribution >= 0.6 is 15.9 Å². The van der Waals surface area contributed by atoms with Crippen LogP contribution in [-0.2, 0) is 5.54 Å². The Balaban J connectivity index is 1.78. The van der Waals surface area contributed by atoms with Crippen molar-refractivity contribution in [3.63, 3.8) is 0 Å². The fourth-order valence-corrected chi connectivity index (χ4v) is 2.33. The summed E-state index contributed by atoms with van der Waals surface area (Å²) in [5.41, 5.74) is 7.32. The Morgan fingerprint density at radius 3 is 2.69 bits per heavy atom. The van der Waals surface area contributed by atoms with E-state index < -0.39 is 0 Å². The molecule has 0 heterocycles. The van der Waals surface area contributed by atoms with Crippen LogP contribution in [0.3, 0.4) is 0 Å². The average molecular weight is 282 g/mol. The minimum absolute atomic E-state index is 0.0819. The SMILES string of the molecule is NC1(c2cc(Br)cc(OCC3CC3)c2)CC1. The Kier molecular flexibility index (Phi) is 2.48. The van der Waals surface area contributed by atoms with Gasteiger partial charge in [-0.2, -0.15) is 0 Å². The summed E-state index contributed by atoms with van der Waals surface area (Å²) in [5, 5.41) is 0. The summed E-state index contributed by atoms with van der Waals surface area (Å²) in [6.45, 7) is 0.855. The molecule has 0 aromatic heterocycles. The molecule has 0 radical (unpaired) electrons. The zero-order valence-corrected chi connectivity index (χ0v) is 10.8. The smallest absolute Gasteiger partial charge is 0.120 e. The molecule has 16 heavy (non-hydrogen) atoms. The molecule has 0 bridgehead atoms. The summed E-state index contributed by atoms with van der Waals surface area (Å²) in [7, 11) is 0. The molecule has 1 aromatic rings. The van der Waals surface area contributed by atoms with Gasteiger partial charge in [0.25, 0.3) is 0 Å². The van der Waals surface area contributed by atoms with E-state index in [0.29, 0.717) is 0 Å². The van der Waals surface area contributed by atoms with E-state index in [-0.39, 0.29) is 5.54 Å². The zero-order valence-electron chi connectivity index (χ0n) is 9.21. The number of halogens is 1. The van der Waals surface area contributed by atoms with E-state index in [4.69, 9.17) is 10.5 Å². The van der Waals surface area contributed by atoms with Crippen LogP contribution in [-0.4, -0.2) is 6.61 Å². The van der Waals surface area contributed by atoms with E-state index in [9.17, 15) is 0 Å². The number of benzene rings is 1. The molecule has 2 saturated carbocycles. The van der Waals surface area contributed by atoms with Gasteiger partial charge in [-0.1, -0.05) is 15.9 Å². The predicted molar refractivity (Wildman–Crippen MR) is 67.5 cm³/mol.